The van der Waals surface area contributed by atoms with Crippen molar-refractivity contribution in [2.75, 3.05) is 30.9 Å². The van der Waals surface area contributed by atoms with E-state index in [9.17, 15) is 9.59 Å². The monoisotopic (exact) mass is 264 g/mol. The van der Waals surface area contributed by atoms with Gasteiger partial charge >= 0.3 is 5.97 Å². The fraction of sp³-hybridized carbons (Fsp3) is 0.385. The average Bonchev–Trinajstić information content (AvgIpc) is 2.42. The number of amides is 1. The van der Waals surface area contributed by atoms with Crippen LogP contribution < -0.4 is 15.4 Å². The van der Waals surface area contributed by atoms with E-state index in [4.69, 9.17) is 4.74 Å². The molecule has 102 valence electrons. The second-order valence-electron chi connectivity index (χ2n) is 4.15. The van der Waals surface area contributed by atoms with Crippen molar-refractivity contribution in [1.82, 2.24) is 0 Å². The Morgan fingerprint density at radius 3 is 3.16 bits per heavy atom. The zero-order chi connectivity index (χ0) is 13.7. The molecule has 0 unspecified atom stereocenters. The predicted octanol–water partition coefficient (Wildman–Crippen LogP) is 1.38. The molecule has 0 saturated heterocycles. The summed E-state index contributed by atoms with van der Waals surface area (Å²) in [6.07, 6.45) is 1.07. The Morgan fingerprint density at radius 2 is 2.37 bits per heavy atom. The summed E-state index contributed by atoms with van der Waals surface area (Å²) in [5, 5.41) is 5.91. The Hall–Kier alpha value is -2.24. The van der Waals surface area contributed by atoms with E-state index < -0.39 is 0 Å². The van der Waals surface area contributed by atoms with Gasteiger partial charge in [0.15, 0.2) is 6.61 Å². The number of nitrogens with one attached hydrogen (secondary N) is 2. The Morgan fingerprint density at radius 1 is 1.53 bits per heavy atom. The Balaban J connectivity index is 1.86. The molecule has 0 aromatic heterocycles. The molecule has 6 nitrogen and oxygen atoms in total. The average molecular weight is 264 g/mol. The van der Waals surface area contributed by atoms with Crippen LogP contribution in [0.4, 0.5) is 11.4 Å². The lowest BCUT2D eigenvalue weighted by molar-refractivity contribution is -0.140. The number of rotatable bonds is 5. The van der Waals surface area contributed by atoms with Crippen molar-refractivity contribution in [3.8, 4) is 5.75 Å². The Kier molecular flexibility index (Phi) is 4.22. The molecule has 2 N–H and O–H groups in total. The number of benzene rings is 1. The van der Waals surface area contributed by atoms with Crippen molar-refractivity contribution in [2.45, 2.75) is 12.8 Å². The molecule has 1 aromatic rings. The van der Waals surface area contributed by atoms with E-state index in [2.05, 4.69) is 15.4 Å². The maximum atomic E-state index is 11.2. The summed E-state index contributed by atoms with van der Waals surface area (Å²) < 4.78 is 9.82. The first kappa shape index (κ1) is 13.2. The van der Waals surface area contributed by atoms with Gasteiger partial charge in [0.25, 0.3) is 5.91 Å². The lowest BCUT2D eigenvalue weighted by Crippen LogP contribution is -2.25. The second-order valence-corrected chi connectivity index (χ2v) is 4.15. The summed E-state index contributed by atoms with van der Waals surface area (Å²) in [6, 6.07) is 5.48. The molecular weight excluding hydrogens is 248 g/mol. The number of carbonyl (C=O) groups is 2. The smallest absolute Gasteiger partial charge is 0.305 e. The van der Waals surface area contributed by atoms with Gasteiger partial charge < -0.3 is 20.1 Å². The van der Waals surface area contributed by atoms with Gasteiger partial charge in [-0.2, -0.15) is 0 Å². The van der Waals surface area contributed by atoms with Crippen LogP contribution in [0.2, 0.25) is 0 Å². The summed E-state index contributed by atoms with van der Waals surface area (Å²) in [4.78, 5) is 22.1. The molecule has 0 bridgehead atoms. The van der Waals surface area contributed by atoms with E-state index in [0.717, 1.165) is 5.69 Å². The van der Waals surface area contributed by atoms with Crippen LogP contribution in [0.25, 0.3) is 0 Å². The summed E-state index contributed by atoms with van der Waals surface area (Å²) in [7, 11) is 1.38. The van der Waals surface area contributed by atoms with Crippen molar-refractivity contribution in [3.63, 3.8) is 0 Å². The van der Waals surface area contributed by atoms with E-state index in [1.54, 1.807) is 6.07 Å². The maximum Gasteiger partial charge on any atom is 0.305 e. The number of anilines is 2. The third kappa shape index (κ3) is 3.61. The predicted molar refractivity (Wildman–Crippen MR) is 70.3 cm³/mol. The number of esters is 1. The fourth-order valence-electron chi connectivity index (χ4n) is 1.76. The zero-order valence-electron chi connectivity index (χ0n) is 10.7. The quantitative estimate of drug-likeness (QED) is 0.620. The van der Waals surface area contributed by atoms with E-state index in [-0.39, 0.29) is 18.5 Å². The molecule has 1 amide bonds. The zero-order valence-corrected chi connectivity index (χ0v) is 10.7. The second kappa shape index (κ2) is 6.08. The lowest BCUT2D eigenvalue weighted by atomic mass is 10.2. The fourth-order valence-corrected chi connectivity index (χ4v) is 1.76. The minimum absolute atomic E-state index is 0.0545. The van der Waals surface area contributed by atoms with E-state index in [1.165, 1.54) is 7.11 Å². The van der Waals surface area contributed by atoms with Crippen molar-refractivity contribution in [3.05, 3.63) is 18.2 Å². The maximum absolute atomic E-state index is 11.2. The highest BCUT2D eigenvalue weighted by Crippen LogP contribution is 2.30. The van der Waals surface area contributed by atoms with Gasteiger partial charge in [-0.1, -0.05) is 0 Å². The van der Waals surface area contributed by atoms with Crippen LogP contribution >= 0.6 is 0 Å². The van der Waals surface area contributed by atoms with Crippen molar-refractivity contribution in [1.29, 1.82) is 0 Å². The number of carbonyl (C=O) groups excluding carboxylic acids is 2. The molecule has 0 aliphatic carbocycles. The summed E-state index contributed by atoms with van der Waals surface area (Å²) >= 11 is 0. The number of hydrogen-bond acceptors (Lipinski definition) is 5. The number of hydrogen-bond donors (Lipinski definition) is 2. The summed E-state index contributed by atoms with van der Waals surface area (Å²) in [5.74, 6) is 0.294. The molecule has 0 radical (unpaired) electrons. The van der Waals surface area contributed by atoms with Crippen LogP contribution in [0.5, 0.6) is 5.75 Å². The highest BCUT2D eigenvalue weighted by atomic mass is 16.5. The van der Waals surface area contributed by atoms with E-state index in [1.807, 2.05) is 12.1 Å². The first-order valence-electron chi connectivity index (χ1n) is 6.06. The summed E-state index contributed by atoms with van der Waals surface area (Å²) in [5.41, 5.74) is 1.53. The van der Waals surface area contributed by atoms with E-state index in [0.29, 0.717) is 30.8 Å². The number of fused-ring (bicyclic) bond motifs is 1. The van der Waals surface area contributed by atoms with Gasteiger partial charge in [0, 0.05) is 18.7 Å². The number of ether oxygens (including phenoxy) is 2. The minimum Gasteiger partial charge on any atom is -0.482 e. The van der Waals surface area contributed by atoms with Crippen LogP contribution in [0, 0.1) is 0 Å². The van der Waals surface area contributed by atoms with Crippen LogP contribution in [0.3, 0.4) is 0 Å². The molecule has 2 rings (SSSR count). The third-order valence-electron chi connectivity index (χ3n) is 2.73. The van der Waals surface area contributed by atoms with Crippen LogP contribution in [-0.2, 0) is 14.3 Å². The molecule has 1 aliphatic rings. The van der Waals surface area contributed by atoms with Gasteiger partial charge in [-0.05, 0) is 24.6 Å². The standard InChI is InChI=1S/C13H16N2O4/c1-18-13(17)3-2-6-14-9-4-5-11-10(7-9)15-12(16)8-19-11/h4-5,7,14H,2-3,6,8H2,1H3,(H,15,16). The highest BCUT2D eigenvalue weighted by Gasteiger charge is 2.15. The largest absolute Gasteiger partial charge is 0.482 e. The molecule has 6 heteroatoms. The van der Waals surface area contributed by atoms with Crippen LogP contribution in [0.1, 0.15) is 12.8 Å². The number of methoxy groups -OCH3 is 1. The highest BCUT2D eigenvalue weighted by molar-refractivity contribution is 5.96. The molecule has 1 aromatic carbocycles. The van der Waals surface area contributed by atoms with Gasteiger partial charge in [0.2, 0.25) is 0 Å². The Bertz CT molecular complexity index is 488. The Labute approximate surface area is 111 Å². The summed E-state index contributed by atoms with van der Waals surface area (Å²) in [6.45, 7) is 0.710. The first-order valence-corrected chi connectivity index (χ1v) is 6.06. The molecule has 0 spiro atoms. The van der Waals surface area contributed by atoms with Crippen molar-refractivity contribution in [2.24, 2.45) is 0 Å². The van der Waals surface area contributed by atoms with Crippen LogP contribution in [0.15, 0.2) is 18.2 Å². The van der Waals surface area contributed by atoms with E-state index >= 15 is 0 Å². The molecule has 0 saturated carbocycles. The minimum atomic E-state index is -0.215. The molecule has 19 heavy (non-hydrogen) atoms. The topological polar surface area (TPSA) is 76.7 Å². The molecular formula is C13H16N2O4. The van der Waals surface area contributed by atoms with Gasteiger partial charge in [0.1, 0.15) is 5.75 Å². The van der Waals surface area contributed by atoms with Gasteiger partial charge in [-0.3, -0.25) is 9.59 Å². The normalized spacial score (nSPS) is 13.0. The first-order chi connectivity index (χ1) is 9.19. The lowest BCUT2D eigenvalue weighted by Gasteiger charge is -2.18. The van der Waals surface area contributed by atoms with Gasteiger partial charge in [-0.25, -0.2) is 0 Å². The van der Waals surface area contributed by atoms with Gasteiger partial charge in [-0.15, -0.1) is 0 Å². The van der Waals surface area contributed by atoms with Crippen molar-refractivity contribution < 1.29 is 19.1 Å². The molecule has 1 heterocycles. The SMILES string of the molecule is COC(=O)CCCNc1ccc2c(c1)NC(=O)CO2. The molecule has 1 aliphatic heterocycles. The van der Waals surface area contributed by atoms with Gasteiger partial charge in [0.05, 0.1) is 12.8 Å². The third-order valence-corrected chi connectivity index (χ3v) is 2.73. The molecule has 0 fully saturated rings. The van der Waals surface area contributed by atoms with Crippen LogP contribution in [-0.4, -0.2) is 32.1 Å². The molecule has 0 atom stereocenters. The van der Waals surface area contributed by atoms with Crippen molar-refractivity contribution >= 4 is 23.3 Å².